The van der Waals surface area contributed by atoms with Gasteiger partial charge in [-0.1, -0.05) is 35.1 Å². The predicted molar refractivity (Wildman–Crippen MR) is 77.6 cm³/mol. The van der Waals surface area contributed by atoms with Crippen molar-refractivity contribution in [2.45, 2.75) is 13.8 Å². The first-order chi connectivity index (χ1) is 9.47. The Hall–Kier alpha value is -1.50. The Bertz CT molecular complexity index is 654. The van der Waals surface area contributed by atoms with E-state index in [0.717, 1.165) is 10.6 Å². The van der Waals surface area contributed by atoms with Gasteiger partial charge in [-0.05, 0) is 26.0 Å². The Labute approximate surface area is 125 Å². The van der Waals surface area contributed by atoms with Gasteiger partial charge in [0, 0.05) is 10.6 Å². The molecule has 1 aromatic heterocycles. The molecule has 1 saturated heterocycles. The molecule has 0 radical (unpaired) electrons. The highest BCUT2D eigenvalue weighted by atomic mass is 35.5. The van der Waals surface area contributed by atoms with E-state index in [9.17, 15) is 4.79 Å². The van der Waals surface area contributed by atoms with Crippen molar-refractivity contribution < 1.29 is 9.63 Å². The smallest absolute Gasteiger partial charge is 0.261 e. The Balaban J connectivity index is 1.88. The van der Waals surface area contributed by atoms with Crippen LogP contribution >= 0.6 is 22.9 Å². The van der Waals surface area contributed by atoms with Gasteiger partial charge in [-0.2, -0.15) is 5.06 Å². The van der Waals surface area contributed by atoms with Gasteiger partial charge in [0.2, 0.25) is 5.13 Å². The number of hydroxylamine groups is 1. The number of carbonyl (C=O) groups is 1. The molecule has 5 nitrogen and oxygen atoms in total. The minimum atomic E-state index is -0.522. The number of benzene rings is 1. The Morgan fingerprint density at radius 2 is 2.00 bits per heavy atom. The molecule has 1 aliphatic rings. The summed E-state index contributed by atoms with van der Waals surface area (Å²) in [5, 5.41) is 11.2. The number of anilines is 1. The van der Waals surface area contributed by atoms with Gasteiger partial charge >= 0.3 is 0 Å². The molecule has 1 aromatic carbocycles. The van der Waals surface area contributed by atoms with Crippen LogP contribution in [0.15, 0.2) is 24.3 Å². The highest BCUT2D eigenvalue weighted by Gasteiger charge is 2.42. The predicted octanol–water partition coefficient (Wildman–Crippen LogP) is 3.16. The number of hydrogen-bond donors (Lipinski definition) is 0. The Morgan fingerprint density at radius 1 is 1.30 bits per heavy atom. The van der Waals surface area contributed by atoms with Gasteiger partial charge in [0.15, 0.2) is 0 Å². The highest BCUT2D eigenvalue weighted by Crippen LogP contribution is 2.35. The summed E-state index contributed by atoms with van der Waals surface area (Å²) in [4.78, 5) is 17.5. The number of carbonyl (C=O) groups excluding carboxylic acids is 1. The second-order valence-corrected chi connectivity index (χ2v) is 6.55. The zero-order valence-corrected chi connectivity index (χ0v) is 12.5. The first-order valence-electron chi connectivity index (χ1n) is 6.04. The van der Waals surface area contributed by atoms with Crippen molar-refractivity contribution in [1.29, 1.82) is 0 Å². The SMILES string of the molecule is CC1(C)CON(c2nnc(-c3ccc(Cl)cc3)s2)C1=O. The van der Waals surface area contributed by atoms with E-state index in [1.807, 2.05) is 26.0 Å². The van der Waals surface area contributed by atoms with E-state index >= 15 is 0 Å². The van der Waals surface area contributed by atoms with E-state index in [4.69, 9.17) is 16.4 Å². The number of nitrogens with zero attached hydrogens (tertiary/aromatic N) is 3. The van der Waals surface area contributed by atoms with Crippen LogP contribution in [0.3, 0.4) is 0 Å². The molecular weight excluding hydrogens is 298 g/mol. The maximum atomic E-state index is 12.1. The molecule has 1 aliphatic heterocycles. The van der Waals surface area contributed by atoms with Gasteiger partial charge in [-0.25, -0.2) is 0 Å². The molecule has 7 heteroatoms. The van der Waals surface area contributed by atoms with Crippen molar-refractivity contribution >= 4 is 34.0 Å². The van der Waals surface area contributed by atoms with Crippen LogP contribution in [0.2, 0.25) is 5.02 Å². The van der Waals surface area contributed by atoms with Gasteiger partial charge in [-0.15, -0.1) is 10.2 Å². The molecule has 0 saturated carbocycles. The molecule has 104 valence electrons. The van der Waals surface area contributed by atoms with Crippen molar-refractivity contribution in [3.63, 3.8) is 0 Å². The van der Waals surface area contributed by atoms with E-state index in [0.29, 0.717) is 16.8 Å². The average molecular weight is 310 g/mol. The van der Waals surface area contributed by atoms with Crippen molar-refractivity contribution in [3.05, 3.63) is 29.3 Å². The van der Waals surface area contributed by atoms with Crippen molar-refractivity contribution in [2.24, 2.45) is 5.41 Å². The molecule has 2 heterocycles. The fourth-order valence-electron chi connectivity index (χ4n) is 1.77. The normalized spacial score (nSPS) is 17.8. The maximum Gasteiger partial charge on any atom is 0.261 e. The lowest BCUT2D eigenvalue weighted by Gasteiger charge is -2.12. The lowest BCUT2D eigenvalue weighted by molar-refractivity contribution is -0.124. The van der Waals surface area contributed by atoms with Crippen molar-refractivity contribution in [1.82, 2.24) is 10.2 Å². The molecule has 0 N–H and O–H groups in total. The summed E-state index contributed by atoms with van der Waals surface area (Å²) in [7, 11) is 0. The van der Waals surface area contributed by atoms with E-state index in [-0.39, 0.29) is 5.91 Å². The molecule has 1 amide bonds. The molecule has 0 spiro atoms. The number of hydrogen-bond acceptors (Lipinski definition) is 5. The first-order valence-corrected chi connectivity index (χ1v) is 7.24. The zero-order chi connectivity index (χ0) is 14.3. The summed E-state index contributed by atoms with van der Waals surface area (Å²) < 4.78 is 0. The van der Waals surface area contributed by atoms with Gasteiger partial charge in [0.25, 0.3) is 5.91 Å². The largest absolute Gasteiger partial charge is 0.271 e. The zero-order valence-electron chi connectivity index (χ0n) is 11.0. The van der Waals surface area contributed by atoms with Crippen molar-refractivity contribution in [2.75, 3.05) is 11.7 Å². The number of rotatable bonds is 2. The second-order valence-electron chi connectivity index (χ2n) is 5.15. The minimum Gasteiger partial charge on any atom is -0.271 e. The molecular formula is C13H12ClN3O2S. The van der Waals surface area contributed by atoms with Gasteiger partial charge in [-0.3, -0.25) is 9.63 Å². The van der Waals surface area contributed by atoms with Crippen LogP contribution in [-0.2, 0) is 9.63 Å². The van der Waals surface area contributed by atoms with Gasteiger partial charge in [0.1, 0.15) is 5.01 Å². The van der Waals surface area contributed by atoms with Crippen LogP contribution < -0.4 is 5.06 Å². The second kappa shape index (κ2) is 4.80. The minimum absolute atomic E-state index is 0.101. The summed E-state index contributed by atoms with van der Waals surface area (Å²) in [6.45, 7) is 4.04. The quantitative estimate of drug-likeness (QED) is 0.855. The van der Waals surface area contributed by atoms with E-state index in [1.165, 1.54) is 16.4 Å². The van der Waals surface area contributed by atoms with Crippen LogP contribution in [0.25, 0.3) is 10.6 Å². The van der Waals surface area contributed by atoms with Crippen LogP contribution in [0.5, 0.6) is 0 Å². The van der Waals surface area contributed by atoms with Gasteiger partial charge in [0.05, 0.1) is 12.0 Å². The molecule has 2 aromatic rings. The van der Waals surface area contributed by atoms with E-state index < -0.39 is 5.41 Å². The summed E-state index contributed by atoms with van der Waals surface area (Å²) in [5.74, 6) is -0.101. The van der Waals surface area contributed by atoms with E-state index in [1.54, 1.807) is 12.1 Å². The van der Waals surface area contributed by atoms with E-state index in [2.05, 4.69) is 10.2 Å². The molecule has 3 rings (SSSR count). The fraction of sp³-hybridized carbons (Fsp3) is 0.308. The van der Waals surface area contributed by atoms with Gasteiger partial charge < -0.3 is 0 Å². The topological polar surface area (TPSA) is 55.3 Å². The molecule has 20 heavy (non-hydrogen) atoms. The first kappa shape index (κ1) is 13.5. The fourth-order valence-corrected chi connectivity index (χ4v) is 2.70. The third-order valence-electron chi connectivity index (χ3n) is 3.00. The number of aromatic nitrogens is 2. The highest BCUT2D eigenvalue weighted by molar-refractivity contribution is 7.18. The average Bonchev–Trinajstić information content (AvgIpc) is 2.98. The maximum absolute atomic E-state index is 12.1. The molecule has 0 aliphatic carbocycles. The summed E-state index contributed by atoms with van der Waals surface area (Å²) in [6.07, 6.45) is 0. The third-order valence-corrected chi connectivity index (χ3v) is 4.19. The van der Waals surface area contributed by atoms with Crippen LogP contribution in [0.1, 0.15) is 13.8 Å². The van der Waals surface area contributed by atoms with Crippen LogP contribution in [0, 0.1) is 5.41 Å². The Morgan fingerprint density at radius 3 is 2.60 bits per heavy atom. The third kappa shape index (κ3) is 2.30. The summed E-state index contributed by atoms with van der Waals surface area (Å²) in [6, 6.07) is 7.31. The van der Waals surface area contributed by atoms with Crippen molar-refractivity contribution in [3.8, 4) is 10.6 Å². The van der Waals surface area contributed by atoms with Crippen LogP contribution in [-0.4, -0.2) is 22.7 Å². The molecule has 0 bridgehead atoms. The summed E-state index contributed by atoms with van der Waals surface area (Å²) in [5.41, 5.74) is 0.385. The summed E-state index contributed by atoms with van der Waals surface area (Å²) >= 11 is 7.16. The van der Waals surface area contributed by atoms with Crippen LogP contribution in [0.4, 0.5) is 5.13 Å². The lowest BCUT2D eigenvalue weighted by atomic mass is 9.95. The Kier molecular flexibility index (Phi) is 3.24. The number of amides is 1. The lowest BCUT2D eigenvalue weighted by Crippen LogP contribution is -2.30. The standard InChI is InChI=1S/C13H12ClN3O2S/c1-13(2)7-19-17(11(13)18)12-16-15-10(20-12)8-3-5-9(14)6-4-8/h3-6H,7H2,1-2H3. The molecule has 0 atom stereocenters. The number of halogens is 1. The molecule has 0 unspecified atom stereocenters. The monoisotopic (exact) mass is 309 g/mol. The molecule has 1 fully saturated rings.